The Kier molecular flexibility index (Phi) is 5.21. The number of methoxy groups -OCH3 is 3. The average molecular weight is 405 g/mol. The van der Waals surface area contributed by atoms with Gasteiger partial charge in [-0.25, -0.2) is 4.98 Å². The van der Waals surface area contributed by atoms with Crippen molar-refractivity contribution in [1.82, 2.24) is 9.97 Å². The molecule has 4 aromatic rings. The summed E-state index contributed by atoms with van der Waals surface area (Å²) in [6, 6.07) is 12.2. The summed E-state index contributed by atoms with van der Waals surface area (Å²) in [6.07, 6.45) is 3.30. The molecular weight excluding hydrogens is 386 g/mol. The van der Waals surface area contributed by atoms with E-state index >= 15 is 0 Å². The Bertz CT molecular complexity index is 1170. The molecule has 0 aliphatic carbocycles. The summed E-state index contributed by atoms with van der Waals surface area (Å²) in [4.78, 5) is 21.3. The van der Waals surface area contributed by atoms with Crippen LogP contribution in [0.2, 0.25) is 0 Å². The molecule has 0 unspecified atom stereocenters. The average Bonchev–Trinajstić information content (AvgIpc) is 3.22. The fraction of sp³-hybridized carbons (Fsp3) is 0.136. The number of carbonyl (C=O) groups is 1. The maximum absolute atomic E-state index is 12.8. The first-order valence-electron chi connectivity index (χ1n) is 9.06. The van der Waals surface area contributed by atoms with Crippen molar-refractivity contribution in [1.29, 1.82) is 0 Å². The molecule has 30 heavy (non-hydrogen) atoms. The van der Waals surface area contributed by atoms with Gasteiger partial charge in [-0.1, -0.05) is 0 Å². The van der Waals surface area contributed by atoms with Crippen LogP contribution in [0.5, 0.6) is 17.2 Å². The molecule has 8 nitrogen and oxygen atoms in total. The number of ether oxygens (including phenoxy) is 3. The quantitative estimate of drug-likeness (QED) is 0.514. The number of aromatic nitrogens is 2. The summed E-state index contributed by atoms with van der Waals surface area (Å²) in [7, 11) is 4.48. The van der Waals surface area contributed by atoms with E-state index in [0.717, 1.165) is 5.56 Å². The third-order valence-corrected chi connectivity index (χ3v) is 4.53. The fourth-order valence-electron chi connectivity index (χ4n) is 3.08. The second-order valence-corrected chi connectivity index (χ2v) is 6.28. The highest BCUT2D eigenvalue weighted by atomic mass is 16.5. The van der Waals surface area contributed by atoms with E-state index in [1.54, 1.807) is 42.7 Å². The molecule has 0 saturated carbocycles. The predicted octanol–water partition coefficient (Wildman–Crippen LogP) is 4.17. The molecular formula is C22H19N3O5. The lowest BCUT2D eigenvalue weighted by molar-refractivity contribution is 0.102. The van der Waals surface area contributed by atoms with Gasteiger partial charge >= 0.3 is 0 Å². The van der Waals surface area contributed by atoms with Crippen LogP contribution in [0.1, 0.15) is 10.4 Å². The van der Waals surface area contributed by atoms with Gasteiger partial charge in [0, 0.05) is 23.5 Å². The highest BCUT2D eigenvalue weighted by Crippen LogP contribution is 2.40. The van der Waals surface area contributed by atoms with Gasteiger partial charge in [-0.3, -0.25) is 9.78 Å². The monoisotopic (exact) mass is 405 g/mol. The van der Waals surface area contributed by atoms with Gasteiger partial charge in [0.15, 0.2) is 17.1 Å². The van der Waals surface area contributed by atoms with Gasteiger partial charge in [-0.2, -0.15) is 0 Å². The van der Waals surface area contributed by atoms with Crippen LogP contribution in [0, 0.1) is 0 Å². The van der Waals surface area contributed by atoms with Gasteiger partial charge in [0.25, 0.3) is 5.91 Å². The molecule has 0 atom stereocenters. The molecule has 0 aliphatic heterocycles. The molecule has 1 amide bonds. The number of amides is 1. The first kappa shape index (κ1) is 19.3. The van der Waals surface area contributed by atoms with Crippen LogP contribution in [0.4, 0.5) is 5.69 Å². The van der Waals surface area contributed by atoms with Gasteiger partial charge in [-0.15, -0.1) is 0 Å². The van der Waals surface area contributed by atoms with Gasteiger partial charge in [0.1, 0.15) is 5.52 Å². The Morgan fingerprint density at radius 1 is 0.933 bits per heavy atom. The topological polar surface area (TPSA) is 95.7 Å². The number of benzene rings is 2. The fourth-order valence-corrected chi connectivity index (χ4v) is 3.08. The number of nitrogens with one attached hydrogen (secondary N) is 1. The van der Waals surface area contributed by atoms with E-state index in [2.05, 4.69) is 15.3 Å². The van der Waals surface area contributed by atoms with E-state index in [0.29, 0.717) is 45.5 Å². The van der Waals surface area contributed by atoms with E-state index in [-0.39, 0.29) is 5.91 Å². The zero-order chi connectivity index (χ0) is 21.1. The van der Waals surface area contributed by atoms with Crippen molar-refractivity contribution >= 4 is 22.7 Å². The zero-order valence-corrected chi connectivity index (χ0v) is 16.6. The molecule has 0 fully saturated rings. The van der Waals surface area contributed by atoms with E-state index < -0.39 is 0 Å². The van der Waals surface area contributed by atoms with Crippen molar-refractivity contribution in [3.63, 3.8) is 0 Å². The number of fused-ring (bicyclic) bond motifs is 1. The van der Waals surface area contributed by atoms with Gasteiger partial charge in [-0.05, 0) is 36.4 Å². The number of oxazole rings is 1. The summed E-state index contributed by atoms with van der Waals surface area (Å²) >= 11 is 0. The molecule has 0 radical (unpaired) electrons. The maximum atomic E-state index is 12.8. The minimum absolute atomic E-state index is 0.297. The summed E-state index contributed by atoms with van der Waals surface area (Å²) < 4.78 is 21.7. The summed E-state index contributed by atoms with van der Waals surface area (Å²) in [5.74, 6) is 1.27. The molecule has 152 valence electrons. The number of hydrogen-bond donors (Lipinski definition) is 1. The van der Waals surface area contributed by atoms with Crippen molar-refractivity contribution in [2.75, 3.05) is 26.6 Å². The van der Waals surface area contributed by atoms with Crippen molar-refractivity contribution in [3.05, 3.63) is 60.4 Å². The molecule has 2 heterocycles. The number of anilines is 1. The molecule has 1 N–H and O–H groups in total. The Morgan fingerprint density at radius 3 is 2.37 bits per heavy atom. The van der Waals surface area contributed by atoms with Crippen LogP contribution in [-0.4, -0.2) is 37.2 Å². The van der Waals surface area contributed by atoms with Crippen LogP contribution in [0.25, 0.3) is 22.6 Å². The zero-order valence-electron chi connectivity index (χ0n) is 16.6. The first-order chi connectivity index (χ1) is 14.6. The van der Waals surface area contributed by atoms with Crippen molar-refractivity contribution in [2.45, 2.75) is 0 Å². The molecule has 0 bridgehead atoms. The Labute approximate surface area is 172 Å². The maximum Gasteiger partial charge on any atom is 0.259 e. The van der Waals surface area contributed by atoms with Crippen molar-refractivity contribution in [3.8, 4) is 28.7 Å². The lowest BCUT2D eigenvalue weighted by Gasteiger charge is -2.15. The van der Waals surface area contributed by atoms with E-state index in [4.69, 9.17) is 18.6 Å². The molecule has 4 rings (SSSR count). The molecule has 0 saturated heterocycles. The van der Waals surface area contributed by atoms with Crippen LogP contribution in [-0.2, 0) is 0 Å². The predicted molar refractivity (Wildman–Crippen MR) is 111 cm³/mol. The van der Waals surface area contributed by atoms with Crippen molar-refractivity contribution in [2.24, 2.45) is 0 Å². The second-order valence-electron chi connectivity index (χ2n) is 6.28. The third kappa shape index (κ3) is 3.50. The van der Waals surface area contributed by atoms with Crippen LogP contribution in [0.15, 0.2) is 59.3 Å². The first-order valence-corrected chi connectivity index (χ1v) is 9.06. The van der Waals surface area contributed by atoms with Crippen LogP contribution in [0.3, 0.4) is 0 Å². The molecule has 2 aromatic heterocycles. The summed E-state index contributed by atoms with van der Waals surface area (Å²) in [6.45, 7) is 0. The van der Waals surface area contributed by atoms with Gasteiger partial charge < -0.3 is 23.9 Å². The number of hydrogen-bond acceptors (Lipinski definition) is 7. The minimum atomic E-state index is -0.339. The Hall–Kier alpha value is -4.07. The van der Waals surface area contributed by atoms with Gasteiger partial charge in [0.2, 0.25) is 11.6 Å². The van der Waals surface area contributed by atoms with Gasteiger partial charge in [0.05, 0.1) is 33.1 Å². The standard InChI is InChI=1S/C22H19N3O5/c1-27-18-9-8-15(19(28-2)20(18)29-3)21(26)24-14-6-4-13(5-7-14)22-25-16-12-23-11-10-17(16)30-22/h4-12H,1-3H3,(H,24,26). The Morgan fingerprint density at radius 2 is 1.70 bits per heavy atom. The largest absolute Gasteiger partial charge is 0.493 e. The minimum Gasteiger partial charge on any atom is -0.493 e. The normalized spacial score (nSPS) is 10.6. The second kappa shape index (κ2) is 8.12. The van der Waals surface area contributed by atoms with E-state index in [1.165, 1.54) is 21.3 Å². The lowest BCUT2D eigenvalue weighted by atomic mass is 10.1. The van der Waals surface area contributed by atoms with E-state index in [1.807, 2.05) is 12.1 Å². The van der Waals surface area contributed by atoms with Crippen LogP contribution < -0.4 is 19.5 Å². The lowest BCUT2D eigenvalue weighted by Crippen LogP contribution is -2.14. The highest BCUT2D eigenvalue weighted by molar-refractivity contribution is 6.07. The molecule has 0 spiro atoms. The summed E-state index contributed by atoms with van der Waals surface area (Å²) in [5.41, 5.74) is 3.07. The smallest absolute Gasteiger partial charge is 0.259 e. The molecule has 0 aliphatic rings. The third-order valence-electron chi connectivity index (χ3n) is 4.53. The number of carbonyl (C=O) groups excluding carboxylic acids is 1. The SMILES string of the molecule is COc1ccc(C(=O)Nc2ccc(-c3nc4cnccc4o3)cc2)c(OC)c1OC. The number of nitrogens with zero attached hydrogens (tertiary/aromatic N) is 2. The number of rotatable bonds is 6. The Balaban J connectivity index is 1.57. The molecule has 8 heteroatoms. The highest BCUT2D eigenvalue weighted by Gasteiger charge is 2.20. The number of pyridine rings is 1. The van der Waals surface area contributed by atoms with E-state index in [9.17, 15) is 4.79 Å². The van der Waals surface area contributed by atoms with Crippen LogP contribution >= 0.6 is 0 Å². The van der Waals surface area contributed by atoms with Crippen molar-refractivity contribution < 1.29 is 23.4 Å². The summed E-state index contributed by atoms with van der Waals surface area (Å²) in [5, 5.41) is 2.85. The molecule has 2 aromatic carbocycles.